The summed E-state index contributed by atoms with van der Waals surface area (Å²) in [5.41, 5.74) is 2.30. The quantitative estimate of drug-likeness (QED) is 0.408. The fourth-order valence-corrected chi connectivity index (χ4v) is 2.32. The number of nitro benzene ring substituents is 1. The van der Waals surface area contributed by atoms with Gasteiger partial charge in [-0.15, -0.1) is 0 Å². The maximum absolute atomic E-state index is 11.8. The van der Waals surface area contributed by atoms with Crippen molar-refractivity contribution in [1.82, 2.24) is 5.43 Å². The van der Waals surface area contributed by atoms with Gasteiger partial charge in [0.25, 0.3) is 5.91 Å². The highest BCUT2D eigenvalue weighted by atomic mass is 35.5. The molecule has 142 valence electrons. The summed E-state index contributed by atoms with van der Waals surface area (Å²) in [7, 11) is 1.36. The molecule has 0 saturated heterocycles. The second kappa shape index (κ2) is 9.06. The highest BCUT2D eigenvalue weighted by Gasteiger charge is 2.16. The molecule has 0 spiro atoms. The molecule has 0 saturated carbocycles. The van der Waals surface area contributed by atoms with Gasteiger partial charge < -0.3 is 14.6 Å². The minimum atomic E-state index is -0.667. The Morgan fingerprint density at radius 1 is 1.33 bits per heavy atom. The Hall–Kier alpha value is -3.04. The number of amides is 1. The predicted molar refractivity (Wildman–Crippen MR) is 99.0 cm³/mol. The van der Waals surface area contributed by atoms with Crippen LogP contribution in [0.25, 0.3) is 0 Å². The molecule has 0 aliphatic heterocycles. The maximum Gasteiger partial charge on any atom is 0.312 e. The van der Waals surface area contributed by atoms with Gasteiger partial charge in [0.15, 0.2) is 23.9 Å². The van der Waals surface area contributed by atoms with Gasteiger partial charge in [0.2, 0.25) is 0 Å². The molecule has 1 amide bonds. The van der Waals surface area contributed by atoms with E-state index in [2.05, 4.69) is 10.5 Å². The minimum absolute atomic E-state index is 0.0560. The number of carbonyl (C=O) groups is 1. The smallest absolute Gasteiger partial charge is 0.312 e. The van der Waals surface area contributed by atoms with E-state index in [-0.39, 0.29) is 33.0 Å². The summed E-state index contributed by atoms with van der Waals surface area (Å²) in [6.45, 7) is -0.501. The Kier molecular flexibility index (Phi) is 6.80. The fourth-order valence-electron chi connectivity index (χ4n) is 1.93. The molecule has 9 nitrogen and oxygen atoms in total. The highest BCUT2D eigenvalue weighted by molar-refractivity contribution is 6.32. The molecule has 27 heavy (non-hydrogen) atoms. The SMILES string of the molecule is COc1cc(/C=N/NC(=O)COc2ccc(Cl)cc2[N+](=O)[O-])cc(Cl)c1O. The lowest BCUT2D eigenvalue weighted by Gasteiger charge is -2.07. The van der Waals surface area contributed by atoms with Gasteiger partial charge >= 0.3 is 5.69 Å². The van der Waals surface area contributed by atoms with Crippen LogP contribution in [0.2, 0.25) is 10.0 Å². The van der Waals surface area contributed by atoms with Gasteiger partial charge in [0.1, 0.15) is 0 Å². The van der Waals surface area contributed by atoms with E-state index in [1.165, 1.54) is 37.6 Å². The number of hydrogen-bond acceptors (Lipinski definition) is 7. The highest BCUT2D eigenvalue weighted by Crippen LogP contribution is 2.34. The second-order valence-corrected chi connectivity index (χ2v) is 5.85. The number of hydrogen-bond donors (Lipinski definition) is 2. The Labute approximate surface area is 163 Å². The number of methoxy groups -OCH3 is 1. The average Bonchev–Trinajstić information content (AvgIpc) is 2.63. The van der Waals surface area contributed by atoms with Gasteiger partial charge in [-0.25, -0.2) is 5.43 Å². The first kappa shape index (κ1) is 20.3. The van der Waals surface area contributed by atoms with Crippen molar-refractivity contribution in [2.24, 2.45) is 5.10 Å². The number of nitro groups is 1. The largest absolute Gasteiger partial charge is 0.503 e. The van der Waals surface area contributed by atoms with Crippen LogP contribution >= 0.6 is 23.2 Å². The van der Waals surface area contributed by atoms with E-state index in [0.29, 0.717) is 5.56 Å². The van der Waals surface area contributed by atoms with Crippen molar-refractivity contribution in [1.29, 1.82) is 0 Å². The molecule has 2 aromatic carbocycles. The van der Waals surface area contributed by atoms with Crippen LogP contribution in [0.15, 0.2) is 35.4 Å². The Balaban J connectivity index is 1.97. The average molecular weight is 414 g/mol. The number of hydrazone groups is 1. The van der Waals surface area contributed by atoms with Crippen LogP contribution in [-0.4, -0.2) is 35.9 Å². The number of aromatic hydroxyl groups is 1. The van der Waals surface area contributed by atoms with Crippen LogP contribution in [0.3, 0.4) is 0 Å². The molecule has 2 rings (SSSR count). The van der Waals surface area contributed by atoms with Gasteiger partial charge in [-0.1, -0.05) is 23.2 Å². The van der Waals surface area contributed by atoms with E-state index in [4.69, 9.17) is 32.7 Å². The van der Waals surface area contributed by atoms with Crippen molar-refractivity contribution in [3.8, 4) is 17.2 Å². The van der Waals surface area contributed by atoms with Crippen molar-refractivity contribution in [3.63, 3.8) is 0 Å². The zero-order valence-corrected chi connectivity index (χ0v) is 15.3. The van der Waals surface area contributed by atoms with Gasteiger partial charge in [-0.2, -0.15) is 5.10 Å². The summed E-state index contributed by atoms with van der Waals surface area (Å²) in [4.78, 5) is 22.1. The van der Waals surface area contributed by atoms with Crippen LogP contribution < -0.4 is 14.9 Å². The summed E-state index contributed by atoms with van der Waals surface area (Å²) in [5.74, 6) is -0.808. The first-order valence-corrected chi connectivity index (χ1v) is 8.02. The Morgan fingerprint density at radius 2 is 2.07 bits per heavy atom. The topological polar surface area (TPSA) is 123 Å². The van der Waals surface area contributed by atoms with Crippen LogP contribution in [0.5, 0.6) is 17.2 Å². The minimum Gasteiger partial charge on any atom is -0.503 e. The zero-order valence-electron chi connectivity index (χ0n) is 13.8. The van der Waals surface area contributed by atoms with E-state index in [9.17, 15) is 20.0 Å². The second-order valence-electron chi connectivity index (χ2n) is 5.00. The van der Waals surface area contributed by atoms with E-state index < -0.39 is 17.4 Å². The summed E-state index contributed by atoms with van der Waals surface area (Å²) < 4.78 is 10.1. The molecule has 0 bridgehead atoms. The summed E-state index contributed by atoms with van der Waals surface area (Å²) in [5, 5.41) is 24.5. The van der Waals surface area contributed by atoms with Gasteiger partial charge in [0, 0.05) is 11.1 Å². The molecule has 0 heterocycles. The van der Waals surface area contributed by atoms with E-state index in [1.54, 1.807) is 0 Å². The lowest BCUT2D eigenvalue weighted by Crippen LogP contribution is -2.24. The number of rotatable bonds is 7. The number of benzene rings is 2. The number of nitrogens with zero attached hydrogens (tertiary/aromatic N) is 2. The van der Waals surface area contributed by atoms with Crippen molar-refractivity contribution < 1.29 is 24.3 Å². The van der Waals surface area contributed by atoms with Crippen molar-refractivity contribution in [2.45, 2.75) is 0 Å². The van der Waals surface area contributed by atoms with E-state index >= 15 is 0 Å². The molecule has 0 radical (unpaired) electrons. The lowest BCUT2D eigenvalue weighted by atomic mass is 10.2. The predicted octanol–water partition coefficient (Wildman–Crippen LogP) is 3.14. The van der Waals surface area contributed by atoms with E-state index in [1.807, 2.05) is 0 Å². The van der Waals surface area contributed by atoms with Crippen molar-refractivity contribution in [2.75, 3.05) is 13.7 Å². The molecule has 0 aromatic heterocycles. The first-order valence-electron chi connectivity index (χ1n) is 7.27. The first-order chi connectivity index (χ1) is 12.8. The molecular formula is C16H13Cl2N3O6. The number of phenolic OH excluding ortho intramolecular Hbond substituents is 1. The number of halogens is 2. The molecule has 0 aliphatic rings. The Bertz CT molecular complexity index is 904. The molecule has 0 aliphatic carbocycles. The third-order valence-electron chi connectivity index (χ3n) is 3.15. The molecule has 2 N–H and O–H groups in total. The van der Waals surface area contributed by atoms with Gasteiger partial charge in [-0.3, -0.25) is 14.9 Å². The number of phenols is 1. The zero-order chi connectivity index (χ0) is 20.0. The summed E-state index contributed by atoms with van der Waals surface area (Å²) in [6, 6.07) is 6.70. The number of ether oxygens (including phenoxy) is 2. The summed E-state index contributed by atoms with van der Waals surface area (Å²) >= 11 is 11.5. The van der Waals surface area contributed by atoms with Crippen LogP contribution in [-0.2, 0) is 4.79 Å². The van der Waals surface area contributed by atoms with Crippen LogP contribution in [0.4, 0.5) is 5.69 Å². The van der Waals surface area contributed by atoms with Crippen LogP contribution in [0.1, 0.15) is 5.56 Å². The van der Waals surface area contributed by atoms with Crippen molar-refractivity contribution >= 4 is 41.0 Å². The Morgan fingerprint density at radius 3 is 2.74 bits per heavy atom. The van der Waals surface area contributed by atoms with E-state index in [0.717, 1.165) is 6.07 Å². The number of nitrogens with one attached hydrogen (secondary N) is 1. The molecule has 0 fully saturated rings. The van der Waals surface area contributed by atoms with Gasteiger partial charge in [-0.05, 0) is 29.8 Å². The standard InChI is InChI=1S/C16H13Cl2N3O6/c1-26-14-5-9(4-11(18)16(14)23)7-19-20-15(22)8-27-13-3-2-10(17)6-12(13)21(24)25/h2-7,23H,8H2,1H3,(H,20,22)/b19-7+. The van der Waals surface area contributed by atoms with Crippen molar-refractivity contribution in [3.05, 3.63) is 56.1 Å². The van der Waals surface area contributed by atoms with Crippen LogP contribution in [0, 0.1) is 10.1 Å². The molecule has 0 unspecified atom stereocenters. The monoisotopic (exact) mass is 413 g/mol. The van der Waals surface area contributed by atoms with Gasteiger partial charge in [0.05, 0.1) is 23.3 Å². The molecule has 0 atom stereocenters. The normalized spacial score (nSPS) is 10.6. The third-order valence-corrected chi connectivity index (χ3v) is 3.67. The maximum atomic E-state index is 11.8. The molecular weight excluding hydrogens is 401 g/mol. The third kappa shape index (κ3) is 5.47. The molecule has 2 aromatic rings. The fraction of sp³-hybridized carbons (Fsp3) is 0.125. The molecule has 11 heteroatoms. The summed E-state index contributed by atoms with van der Waals surface area (Å²) in [6.07, 6.45) is 1.27. The lowest BCUT2D eigenvalue weighted by molar-refractivity contribution is -0.385. The number of carbonyl (C=O) groups excluding carboxylic acids is 1.